The summed E-state index contributed by atoms with van der Waals surface area (Å²) in [6.45, 7) is 19.5. The number of aryl methyl sites for hydroxylation is 1. The topological polar surface area (TPSA) is 0 Å². The fraction of sp³-hybridized carbons (Fsp3) is 0.241. The highest BCUT2D eigenvalue weighted by Crippen LogP contribution is 2.62. The summed E-state index contributed by atoms with van der Waals surface area (Å²) in [5, 5.41) is 0.758. The van der Waals surface area contributed by atoms with Crippen LogP contribution < -0.4 is 0 Å². The monoisotopic (exact) mass is 412 g/mol. The fourth-order valence-electron chi connectivity index (χ4n) is 5.62. The van der Waals surface area contributed by atoms with Crippen LogP contribution in [0.2, 0.25) is 5.02 Å². The van der Waals surface area contributed by atoms with E-state index in [2.05, 4.69) is 90.3 Å². The van der Waals surface area contributed by atoms with Gasteiger partial charge in [-0.3, -0.25) is 0 Å². The van der Waals surface area contributed by atoms with E-state index in [1.54, 1.807) is 0 Å². The Balaban J connectivity index is 2.36. The zero-order chi connectivity index (χ0) is 21.8. The molecule has 0 bridgehead atoms. The molecule has 1 atom stereocenters. The summed E-state index contributed by atoms with van der Waals surface area (Å²) < 4.78 is 0. The second-order valence-electron chi connectivity index (χ2n) is 8.80. The maximum atomic E-state index is 6.49. The van der Waals surface area contributed by atoms with Gasteiger partial charge in [-0.05, 0) is 77.4 Å². The van der Waals surface area contributed by atoms with Crippen molar-refractivity contribution in [3.05, 3.63) is 118 Å². The van der Waals surface area contributed by atoms with Crippen LogP contribution in [0.4, 0.5) is 0 Å². The highest BCUT2D eigenvalue weighted by molar-refractivity contribution is 6.31. The zero-order valence-corrected chi connectivity index (χ0v) is 19.3. The summed E-state index contributed by atoms with van der Waals surface area (Å²) >= 11 is 6.49. The first-order chi connectivity index (χ1) is 14.3. The molecule has 2 aliphatic rings. The fourth-order valence-corrected chi connectivity index (χ4v) is 5.79. The van der Waals surface area contributed by atoms with Crippen LogP contribution in [0, 0.1) is 6.92 Å². The second-order valence-corrected chi connectivity index (χ2v) is 9.23. The highest BCUT2D eigenvalue weighted by Gasteiger charge is 2.51. The Morgan fingerprint density at radius 1 is 1.00 bits per heavy atom. The van der Waals surface area contributed by atoms with Gasteiger partial charge in [0.15, 0.2) is 0 Å². The molecule has 0 heterocycles. The molecular formula is C29H29Cl. The number of allylic oxidation sites excluding steroid dienone is 8. The van der Waals surface area contributed by atoms with Gasteiger partial charge in [-0.1, -0.05) is 92.7 Å². The number of halogens is 1. The summed E-state index contributed by atoms with van der Waals surface area (Å²) in [7, 11) is 0. The lowest BCUT2D eigenvalue weighted by Gasteiger charge is -2.37. The average Bonchev–Trinajstić information content (AvgIpc) is 2.95. The minimum atomic E-state index is -0.446. The molecule has 0 saturated heterocycles. The van der Waals surface area contributed by atoms with Gasteiger partial charge in [-0.2, -0.15) is 0 Å². The van der Waals surface area contributed by atoms with Crippen molar-refractivity contribution < 1.29 is 0 Å². The van der Waals surface area contributed by atoms with Gasteiger partial charge < -0.3 is 0 Å². The maximum absolute atomic E-state index is 6.49. The van der Waals surface area contributed by atoms with E-state index in [0.29, 0.717) is 0 Å². The van der Waals surface area contributed by atoms with Gasteiger partial charge in [0, 0.05) is 10.4 Å². The first-order valence-electron chi connectivity index (χ1n) is 10.5. The average molecular weight is 413 g/mol. The SMILES string of the molecule is C=CC1=CC(=CC)C(C)(C)c2cc(C)cc3c2C1(/C(C=C)=C/C)c1ccc(Cl)cc1-3. The molecule has 0 N–H and O–H groups in total. The van der Waals surface area contributed by atoms with E-state index in [0.717, 1.165) is 5.02 Å². The summed E-state index contributed by atoms with van der Waals surface area (Å²) in [5.74, 6) is 0. The molecule has 0 fully saturated rings. The Morgan fingerprint density at radius 3 is 2.33 bits per heavy atom. The number of fused-ring (bicyclic) bond motifs is 3. The maximum Gasteiger partial charge on any atom is 0.0713 e. The van der Waals surface area contributed by atoms with E-state index in [1.165, 1.54) is 50.1 Å². The highest BCUT2D eigenvalue weighted by atomic mass is 35.5. The zero-order valence-electron chi connectivity index (χ0n) is 18.6. The minimum absolute atomic E-state index is 0.146. The van der Waals surface area contributed by atoms with Crippen LogP contribution in [0.1, 0.15) is 49.9 Å². The minimum Gasteiger partial charge on any atom is -0.0987 e. The Labute approximate surface area is 186 Å². The summed E-state index contributed by atoms with van der Waals surface area (Å²) in [4.78, 5) is 0. The predicted molar refractivity (Wildman–Crippen MR) is 131 cm³/mol. The lowest BCUT2D eigenvalue weighted by atomic mass is 9.64. The first-order valence-corrected chi connectivity index (χ1v) is 10.9. The van der Waals surface area contributed by atoms with Gasteiger partial charge in [-0.15, -0.1) is 0 Å². The number of benzene rings is 2. The third kappa shape index (κ3) is 2.47. The lowest BCUT2D eigenvalue weighted by molar-refractivity contribution is 0.626. The molecular weight excluding hydrogens is 384 g/mol. The van der Waals surface area contributed by atoms with Crippen LogP contribution in [-0.4, -0.2) is 0 Å². The molecule has 2 aromatic carbocycles. The summed E-state index contributed by atoms with van der Waals surface area (Å²) in [5.41, 5.74) is 10.7. The summed E-state index contributed by atoms with van der Waals surface area (Å²) in [6, 6.07) is 11.0. The Hall–Kier alpha value is -2.57. The molecule has 0 aliphatic heterocycles. The molecule has 1 unspecified atom stereocenters. The van der Waals surface area contributed by atoms with Gasteiger partial charge in [0.05, 0.1) is 5.41 Å². The Kier molecular flexibility index (Phi) is 4.83. The largest absolute Gasteiger partial charge is 0.0987 e. The van der Waals surface area contributed by atoms with E-state index in [1.807, 2.05) is 18.2 Å². The van der Waals surface area contributed by atoms with Crippen LogP contribution >= 0.6 is 11.6 Å². The molecule has 0 radical (unpaired) electrons. The molecule has 30 heavy (non-hydrogen) atoms. The van der Waals surface area contributed by atoms with E-state index in [-0.39, 0.29) is 5.41 Å². The summed E-state index contributed by atoms with van der Waals surface area (Å²) in [6.07, 6.45) is 10.8. The Bertz CT molecular complexity index is 1180. The third-order valence-electron chi connectivity index (χ3n) is 6.97. The Morgan fingerprint density at radius 2 is 1.73 bits per heavy atom. The van der Waals surface area contributed by atoms with E-state index < -0.39 is 5.41 Å². The molecule has 0 nitrogen and oxygen atoms in total. The van der Waals surface area contributed by atoms with Gasteiger partial charge in [0.1, 0.15) is 0 Å². The van der Waals surface area contributed by atoms with E-state index in [9.17, 15) is 0 Å². The molecule has 0 spiro atoms. The number of hydrogen-bond acceptors (Lipinski definition) is 0. The standard InChI is InChI=1S/C29H29Cl/c1-8-19(9-2)29-21(11-4)16-20(10-3)28(6,7)26-15-18(5)14-24(27(26)29)23-17-22(30)12-13-25(23)29/h8-17H,1,4H2,2-3,5-7H3/b19-9+,20-10?. The molecule has 0 saturated carbocycles. The lowest BCUT2D eigenvalue weighted by Crippen LogP contribution is -2.31. The van der Waals surface area contributed by atoms with Crippen molar-refractivity contribution in [1.82, 2.24) is 0 Å². The van der Waals surface area contributed by atoms with Crippen molar-refractivity contribution >= 4 is 11.6 Å². The van der Waals surface area contributed by atoms with Crippen molar-refractivity contribution in [3.63, 3.8) is 0 Å². The molecule has 0 aromatic heterocycles. The van der Waals surface area contributed by atoms with E-state index in [4.69, 9.17) is 11.6 Å². The quantitative estimate of drug-likeness (QED) is 0.444. The van der Waals surface area contributed by atoms with Crippen molar-refractivity contribution in [2.45, 2.75) is 45.4 Å². The molecule has 0 amide bonds. The predicted octanol–water partition coefficient (Wildman–Crippen LogP) is 8.40. The van der Waals surface area contributed by atoms with Gasteiger partial charge in [0.2, 0.25) is 0 Å². The first kappa shape index (κ1) is 20.7. The normalized spacial score (nSPS) is 22.8. The van der Waals surface area contributed by atoms with Crippen LogP contribution in [-0.2, 0) is 10.8 Å². The second kappa shape index (κ2) is 7.00. The molecule has 2 aromatic rings. The molecule has 1 heteroatoms. The third-order valence-corrected chi connectivity index (χ3v) is 7.20. The molecule has 152 valence electrons. The van der Waals surface area contributed by atoms with Crippen LogP contribution in [0.3, 0.4) is 0 Å². The van der Waals surface area contributed by atoms with Crippen molar-refractivity contribution in [3.8, 4) is 11.1 Å². The van der Waals surface area contributed by atoms with Crippen molar-refractivity contribution in [2.75, 3.05) is 0 Å². The van der Waals surface area contributed by atoms with Crippen LogP contribution in [0.25, 0.3) is 11.1 Å². The smallest absolute Gasteiger partial charge is 0.0713 e. The van der Waals surface area contributed by atoms with Gasteiger partial charge in [-0.25, -0.2) is 0 Å². The van der Waals surface area contributed by atoms with Crippen LogP contribution in [0.15, 0.2) is 90.6 Å². The molecule has 4 rings (SSSR count). The number of hydrogen-bond donors (Lipinski definition) is 0. The number of rotatable bonds is 3. The van der Waals surface area contributed by atoms with Gasteiger partial charge in [0.25, 0.3) is 0 Å². The molecule has 2 aliphatic carbocycles. The van der Waals surface area contributed by atoms with Crippen LogP contribution in [0.5, 0.6) is 0 Å². The van der Waals surface area contributed by atoms with Gasteiger partial charge >= 0.3 is 0 Å². The van der Waals surface area contributed by atoms with E-state index >= 15 is 0 Å². The van der Waals surface area contributed by atoms with Crippen molar-refractivity contribution in [1.29, 1.82) is 0 Å². The van der Waals surface area contributed by atoms with Crippen molar-refractivity contribution in [2.24, 2.45) is 0 Å².